The fourth-order valence-corrected chi connectivity index (χ4v) is 3.22. The Morgan fingerprint density at radius 2 is 1.86 bits per heavy atom. The number of rotatable bonds is 4. The minimum Gasteiger partial charge on any atom is -0.326 e. The standard InChI is InChI=1S/C14H14F2N2O2S/c1-9-5-6-12(16)13(7-9)18-21(19,20)14-4-2-3-11(15)10(14)8-17/h2-7,18H,8,17H2,1H3. The van der Waals surface area contributed by atoms with Gasteiger partial charge < -0.3 is 5.73 Å². The summed E-state index contributed by atoms with van der Waals surface area (Å²) < 4.78 is 54.0. The van der Waals surface area contributed by atoms with Crippen LogP contribution < -0.4 is 10.5 Å². The van der Waals surface area contributed by atoms with Crippen molar-refractivity contribution < 1.29 is 17.2 Å². The lowest BCUT2D eigenvalue weighted by molar-refractivity contribution is 0.584. The maximum atomic E-state index is 13.7. The minimum atomic E-state index is -4.13. The maximum Gasteiger partial charge on any atom is 0.262 e. The van der Waals surface area contributed by atoms with Crippen LogP contribution in [0.25, 0.3) is 0 Å². The summed E-state index contributed by atoms with van der Waals surface area (Å²) >= 11 is 0. The first-order chi connectivity index (χ1) is 9.85. The fourth-order valence-electron chi connectivity index (χ4n) is 1.91. The lowest BCUT2D eigenvalue weighted by Crippen LogP contribution is -2.18. The molecule has 3 N–H and O–H groups in total. The van der Waals surface area contributed by atoms with Crippen molar-refractivity contribution in [2.75, 3.05) is 4.72 Å². The number of aryl methyl sites for hydroxylation is 1. The smallest absolute Gasteiger partial charge is 0.262 e. The second-order valence-electron chi connectivity index (χ2n) is 4.51. The Bertz CT molecular complexity index is 777. The van der Waals surface area contributed by atoms with E-state index in [1.54, 1.807) is 6.92 Å². The maximum absolute atomic E-state index is 13.7. The van der Waals surface area contributed by atoms with E-state index in [4.69, 9.17) is 5.73 Å². The number of benzene rings is 2. The number of sulfonamides is 1. The molecule has 0 amide bonds. The predicted molar refractivity (Wildman–Crippen MR) is 76.2 cm³/mol. The highest BCUT2D eigenvalue weighted by Gasteiger charge is 2.21. The number of nitrogens with one attached hydrogen (secondary N) is 1. The molecule has 0 spiro atoms. The molecule has 2 aromatic carbocycles. The third kappa shape index (κ3) is 3.20. The van der Waals surface area contributed by atoms with Crippen molar-refractivity contribution in [2.24, 2.45) is 5.73 Å². The topological polar surface area (TPSA) is 72.2 Å². The molecule has 0 heterocycles. The SMILES string of the molecule is Cc1ccc(F)c(NS(=O)(=O)c2cccc(F)c2CN)c1. The van der Waals surface area contributed by atoms with Crippen LogP contribution in [0, 0.1) is 18.6 Å². The first kappa shape index (κ1) is 15.4. The van der Waals surface area contributed by atoms with E-state index in [-0.39, 0.29) is 22.7 Å². The van der Waals surface area contributed by atoms with E-state index >= 15 is 0 Å². The average molecular weight is 312 g/mol. The van der Waals surface area contributed by atoms with Gasteiger partial charge in [-0.05, 0) is 36.8 Å². The Hall–Kier alpha value is -1.99. The van der Waals surface area contributed by atoms with Gasteiger partial charge in [-0.1, -0.05) is 12.1 Å². The molecule has 2 aromatic rings. The summed E-state index contributed by atoms with van der Waals surface area (Å²) in [6.45, 7) is 1.42. The molecule has 0 aliphatic heterocycles. The van der Waals surface area contributed by atoms with E-state index in [1.807, 2.05) is 0 Å². The van der Waals surface area contributed by atoms with Gasteiger partial charge in [-0.15, -0.1) is 0 Å². The molecule has 0 radical (unpaired) electrons. The van der Waals surface area contributed by atoms with Gasteiger partial charge in [0.05, 0.1) is 10.6 Å². The van der Waals surface area contributed by atoms with Crippen LogP contribution in [0.5, 0.6) is 0 Å². The number of hydrogen-bond donors (Lipinski definition) is 2. The first-order valence-corrected chi connectivity index (χ1v) is 7.60. The molecular weight excluding hydrogens is 298 g/mol. The third-order valence-electron chi connectivity index (χ3n) is 2.94. The largest absolute Gasteiger partial charge is 0.326 e. The number of anilines is 1. The van der Waals surface area contributed by atoms with Gasteiger partial charge in [-0.25, -0.2) is 17.2 Å². The van der Waals surface area contributed by atoms with Gasteiger partial charge in [-0.2, -0.15) is 0 Å². The van der Waals surface area contributed by atoms with Crippen molar-refractivity contribution in [1.29, 1.82) is 0 Å². The van der Waals surface area contributed by atoms with Crippen molar-refractivity contribution in [3.63, 3.8) is 0 Å². The second-order valence-corrected chi connectivity index (χ2v) is 6.16. The van der Waals surface area contributed by atoms with Crippen LogP contribution in [0.15, 0.2) is 41.3 Å². The van der Waals surface area contributed by atoms with Crippen LogP contribution in [-0.2, 0) is 16.6 Å². The van der Waals surface area contributed by atoms with E-state index in [0.29, 0.717) is 5.56 Å². The summed E-state index contributed by atoms with van der Waals surface area (Å²) in [6.07, 6.45) is 0. The fraction of sp³-hybridized carbons (Fsp3) is 0.143. The molecule has 0 aromatic heterocycles. The van der Waals surface area contributed by atoms with Crippen molar-refractivity contribution >= 4 is 15.7 Å². The summed E-state index contributed by atoms with van der Waals surface area (Å²) in [5, 5.41) is 0. The summed E-state index contributed by atoms with van der Waals surface area (Å²) in [4.78, 5) is -0.300. The van der Waals surface area contributed by atoms with Gasteiger partial charge in [-0.3, -0.25) is 4.72 Å². The van der Waals surface area contributed by atoms with Crippen molar-refractivity contribution in [2.45, 2.75) is 18.4 Å². The molecule has 0 saturated heterocycles. The summed E-state index contributed by atoms with van der Waals surface area (Å²) in [5.74, 6) is -1.43. The van der Waals surface area contributed by atoms with Crippen molar-refractivity contribution in [3.8, 4) is 0 Å². The predicted octanol–water partition coefficient (Wildman–Crippen LogP) is 2.53. The molecule has 0 saturated carbocycles. The van der Waals surface area contributed by atoms with Crippen LogP contribution in [0.3, 0.4) is 0 Å². The molecule has 0 atom stereocenters. The number of nitrogens with two attached hydrogens (primary N) is 1. The zero-order valence-electron chi connectivity index (χ0n) is 11.2. The van der Waals surface area contributed by atoms with Gasteiger partial charge in [0.2, 0.25) is 0 Å². The molecule has 0 bridgehead atoms. The van der Waals surface area contributed by atoms with Crippen LogP contribution >= 0.6 is 0 Å². The Morgan fingerprint density at radius 3 is 2.52 bits per heavy atom. The monoisotopic (exact) mass is 312 g/mol. The van der Waals surface area contributed by atoms with E-state index in [9.17, 15) is 17.2 Å². The highest BCUT2D eigenvalue weighted by atomic mass is 32.2. The zero-order chi connectivity index (χ0) is 15.6. The highest BCUT2D eigenvalue weighted by molar-refractivity contribution is 7.92. The quantitative estimate of drug-likeness (QED) is 0.911. The van der Waals surface area contributed by atoms with Gasteiger partial charge in [0.15, 0.2) is 0 Å². The lowest BCUT2D eigenvalue weighted by Gasteiger charge is -2.13. The zero-order valence-corrected chi connectivity index (χ0v) is 12.0. The Labute approximate surface area is 121 Å². The molecule has 0 unspecified atom stereocenters. The van der Waals surface area contributed by atoms with Gasteiger partial charge in [0, 0.05) is 12.1 Å². The van der Waals surface area contributed by atoms with Crippen molar-refractivity contribution in [3.05, 3.63) is 59.2 Å². The van der Waals surface area contributed by atoms with Crippen LogP contribution in [0.1, 0.15) is 11.1 Å². The van der Waals surface area contributed by atoms with Crippen LogP contribution in [-0.4, -0.2) is 8.42 Å². The van der Waals surface area contributed by atoms with E-state index in [0.717, 1.165) is 12.1 Å². The molecule has 112 valence electrons. The highest BCUT2D eigenvalue weighted by Crippen LogP contribution is 2.23. The minimum absolute atomic E-state index is 0.141. The van der Waals surface area contributed by atoms with Gasteiger partial charge in [0.25, 0.3) is 10.0 Å². The number of halogens is 2. The molecule has 2 rings (SSSR count). The third-order valence-corrected chi connectivity index (χ3v) is 4.39. The molecule has 0 fully saturated rings. The Morgan fingerprint density at radius 1 is 1.14 bits per heavy atom. The molecular formula is C14H14F2N2O2S. The summed E-state index contributed by atoms with van der Waals surface area (Å²) in [5.41, 5.74) is 5.74. The average Bonchev–Trinajstić information content (AvgIpc) is 2.42. The molecule has 0 aliphatic rings. The Kier molecular flexibility index (Phi) is 4.24. The van der Waals surface area contributed by atoms with E-state index < -0.39 is 21.7 Å². The lowest BCUT2D eigenvalue weighted by atomic mass is 10.2. The first-order valence-electron chi connectivity index (χ1n) is 6.11. The Balaban J connectivity index is 2.48. The normalized spacial score (nSPS) is 11.4. The van der Waals surface area contributed by atoms with Crippen molar-refractivity contribution in [1.82, 2.24) is 0 Å². The van der Waals surface area contributed by atoms with Gasteiger partial charge >= 0.3 is 0 Å². The van der Waals surface area contributed by atoms with Gasteiger partial charge in [0.1, 0.15) is 11.6 Å². The van der Waals surface area contributed by atoms with Crippen LogP contribution in [0.4, 0.5) is 14.5 Å². The van der Waals surface area contributed by atoms with E-state index in [2.05, 4.69) is 4.72 Å². The van der Waals surface area contributed by atoms with E-state index in [1.165, 1.54) is 24.3 Å². The summed E-state index contributed by atoms with van der Waals surface area (Å²) in [7, 11) is -4.13. The van der Waals surface area contributed by atoms with Crippen LogP contribution in [0.2, 0.25) is 0 Å². The molecule has 21 heavy (non-hydrogen) atoms. The second kappa shape index (κ2) is 5.79. The summed E-state index contributed by atoms with van der Waals surface area (Å²) in [6, 6.07) is 7.63. The molecule has 4 nitrogen and oxygen atoms in total. The number of hydrogen-bond acceptors (Lipinski definition) is 3. The molecule has 7 heteroatoms. The molecule has 0 aliphatic carbocycles.